The van der Waals surface area contributed by atoms with Crippen LogP contribution < -0.4 is 0 Å². The van der Waals surface area contributed by atoms with Crippen LogP contribution in [0.2, 0.25) is 0 Å². The van der Waals surface area contributed by atoms with E-state index in [1.807, 2.05) is 0 Å². The zero-order valence-corrected chi connectivity index (χ0v) is 8.69. The van der Waals surface area contributed by atoms with Gasteiger partial charge in [-0.2, -0.15) is 26.3 Å². The summed E-state index contributed by atoms with van der Waals surface area (Å²) in [4.78, 5) is 11.1. The van der Waals surface area contributed by atoms with Crippen molar-refractivity contribution in [3.05, 3.63) is 47.5 Å². The van der Waals surface area contributed by atoms with Crippen molar-refractivity contribution in [1.29, 1.82) is 0 Å². The van der Waals surface area contributed by atoms with Crippen molar-refractivity contribution in [2.45, 2.75) is 12.4 Å². The monoisotopic (exact) mass is 268 g/mol. The number of carbonyl (C=O) groups excluding carboxylic acids is 1. The summed E-state index contributed by atoms with van der Waals surface area (Å²) in [6.07, 6.45) is -9.27. The van der Waals surface area contributed by atoms with E-state index in [0.29, 0.717) is 18.2 Å². The average Bonchev–Trinajstić information content (AvgIpc) is 2.25. The van der Waals surface area contributed by atoms with Gasteiger partial charge in [-0.1, -0.05) is 6.58 Å². The van der Waals surface area contributed by atoms with Crippen molar-refractivity contribution in [2.75, 3.05) is 0 Å². The molecule has 7 heteroatoms. The van der Waals surface area contributed by atoms with Gasteiger partial charge in [-0.3, -0.25) is 4.79 Å². The molecule has 0 spiro atoms. The summed E-state index contributed by atoms with van der Waals surface area (Å²) < 4.78 is 74.4. The van der Waals surface area contributed by atoms with Crippen molar-refractivity contribution < 1.29 is 31.1 Å². The normalized spacial score (nSPS) is 12.3. The number of ketones is 1. The predicted molar refractivity (Wildman–Crippen MR) is 51.0 cm³/mol. The van der Waals surface area contributed by atoms with Crippen molar-refractivity contribution in [3.63, 3.8) is 0 Å². The Morgan fingerprint density at radius 2 is 1.33 bits per heavy atom. The topological polar surface area (TPSA) is 17.1 Å². The molecule has 1 nitrogen and oxygen atoms in total. The molecule has 18 heavy (non-hydrogen) atoms. The Bertz CT molecular complexity index is 451. The quantitative estimate of drug-likeness (QED) is 0.448. The highest BCUT2D eigenvalue weighted by atomic mass is 19.4. The number of benzene rings is 1. The fraction of sp³-hybridized carbons (Fsp3) is 0.182. The molecule has 0 saturated carbocycles. The summed E-state index contributed by atoms with van der Waals surface area (Å²) in [7, 11) is 0. The van der Waals surface area contributed by atoms with Gasteiger partial charge in [-0.25, -0.2) is 0 Å². The number of alkyl halides is 6. The maximum atomic E-state index is 12.4. The third kappa shape index (κ3) is 3.12. The molecule has 0 N–H and O–H groups in total. The zero-order chi connectivity index (χ0) is 14.1. The molecule has 0 atom stereocenters. The Labute approximate surface area is 97.7 Å². The van der Waals surface area contributed by atoms with E-state index >= 15 is 0 Å². The van der Waals surface area contributed by atoms with E-state index in [0.717, 1.165) is 0 Å². The van der Waals surface area contributed by atoms with Crippen LogP contribution in [-0.4, -0.2) is 5.78 Å². The molecular formula is C11H6F6O. The van der Waals surface area contributed by atoms with E-state index in [9.17, 15) is 31.1 Å². The van der Waals surface area contributed by atoms with Crippen LogP contribution >= 0.6 is 0 Å². The molecule has 0 bridgehead atoms. The van der Waals surface area contributed by atoms with Crippen molar-refractivity contribution in [2.24, 2.45) is 0 Å². The highest BCUT2D eigenvalue weighted by Crippen LogP contribution is 2.36. The molecule has 0 saturated heterocycles. The summed E-state index contributed by atoms with van der Waals surface area (Å²) in [5.74, 6) is -1.01. The molecule has 0 aliphatic carbocycles. The lowest BCUT2D eigenvalue weighted by molar-refractivity contribution is -0.143. The third-order valence-electron chi connectivity index (χ3n) is 2.06. The lowest BCUT2D eigenvalue weighted by Gasteiger charge is -2.13. The first-order chi connectivity index (χ1) is 8.05. The zero-order valence-electron chi connectivity index (χ0n) is 8.69. The molecule has 0 unspecified atom stereocenters. The van der Waals surface area contributed by atoms with Crippen LogP contribution in [0, 0.1) is 0 Å². The van der Waals surface area contributed by atoms with Crippen LogP contribution in [0.4, 0.5) is 26.3 Å². The van der Waals surface area contributed by atoms with Crippen LogP contribution in [-0.2, 0) is 12.4 Å². The smallest absolute Gasteiger partial charge is 0.289 e. The highest BCUT2D eigenvalue weighted by molar-refractivity contribution is 6.04. The lowest BCUT2D eigenvalue weighted by atomic mass is 10.0. The first kappa shape index (κ1) is 14.3. The Kier molecular flexibility index (Phi) is 3.54. The van der Waals surface area contributed by atoms with Gasteiger partial charge >= 0.3 is 12.4 Å². The summed E-state index contributed by atoms with van der Waals surface area (Å²) >= 11 is 0. The van der Waals surface area contributed by atoms with Crippen LogP contribution in [0.1, 0.15) is 21.5 Å². The first-order valence-electron chi connectivity index (χ1n) is 4.52. The van der Waals surface area contributed by atoms with Gasteiger partial charge in [0.05, 0.1) is 11.1 Å². The minimum Gasteiger partial charge on any atom is -0.289 e. The minimum absolute atomic E-state index is 0.0418. The van der Waals surface area contributed by atoms with Crippen molar-refractivity contribution in [1.82, 2.24) is 0 Å². The van der Waals surface area contributed by atoms with Crippen molar-refractivity contribution in [3.8, 4) is 0 Å². The standard InChI is InChI=1S/C11H6F6O/c1-2-9(18)6-3-7(10(12,13)14)5-8(4-6)11(15,16)17/h2-5H,1H2. The second-order valence-electron chi connectivity index (χ2n) is 3.36. The van der Waals surface area contributed by atoms with Gasteiger partial charge in [0.1, 0.15) is 0 Å². The Hall–Kier alpha value is -1.79. The van der Waals surface area contributed by atoms with Crippen LogP contribution in [0.5, 0.6) is 0 Å². The van der Waals surface area contributed by atoms with Crippen LogP contribution in [0.25, 0.3) is 0 Å². The van der Waals surface area contributed by atoms with Gasteiger partial charge in [-0.05, 0) is 24.3 Å². The Morgan fingerprint density at radius 3 is 1.61 bits per heavy atom. The van der Waals surface area contributed by atoms with E-state index in [4.69, 9.17) is 0 Å². The van der Waals surface area contributed by atoms with Crippen molar-refractivity contribution >= 4 is 5.78 Å². The van der Waals surface area contributed by atoms with Gasteiger partial charge < -0.3 is 0 Å². The largest absolute Gasteiger partial charge is 0.416 e. The molecular weight excluding hydrogens is 262 g/mol. The van der Waals surface area contributed by atoms with E-state index < -0.39 is 34.8 Å². The number of rotatable bonds is 2. The molecule has 98 valence electrons. The van der Waals surface area contributed by atoms with Crippen LogP contribution in [0.3, 0.4) is 0 Å². The fourth-order valence-electron chi connectivity index (χ4n) is 1.22. The molecule has 0 aliphatic rings. The Morgan fingerprint density at radius 1 is 0.944 bits per heavy atom. The van der Waals surface area contributed by atoms with E-state index in [1.54, 1.807) is 0 Å². The maximum Gasteiger partial charge on any atom is 0.416 e. The van der Waals surface area contributed by atoms with Gasteiger partial charge in [0, 0.05) is 5.56 Å². The number of halogens is 6. The summed E-state index contributed by atoms with van der Waals surface area (Å²) in [6, 6.07) is 0.679. The number of hydrogen-bond donors (Lipinski definition) is 0. The van der Waals surface area contributed by atoms with Gasteiger partial charge in [0.2, 0.25) is 0 Å². The maximum absolute atomic E-state index is 12.4. The summed E-state index contributed by atoms with van der Waals surface area (Å²) in [5, 5.41) is 0. The van der Waals surface area contributed by atoms with Gasteiger partial charge in [0.15, 0.2) is 5.78 Å². The summed E-state index contributed by atoms with van der Waals surface area (Å²) in [5.41, 5.74) is -3.75. The second-order valence-corrected chi connectivity index (χ2v) is 3.36. The van der Waals surface area contributed by atoms with Gasteiger partial charge in [-0.15, -0.1) is 0 Å². The van der Waals surface area contributed by atoms with E-state index in [2.05, 4.69) is 6.58 Å². The number of carbonyl (C=O) groups is 1. The predicted octanol–water partition coefficient (Wildman–Crippen LogP) is 4.09. The molecule has 0 heterocycles. The molecule has 1 rings (SSSR count). The molecule has 0 amide bonds. The molecule has 1 aromatic carbocycles. The molecule has 1 aromatic rings. The SMILES string of the molecule is C=CC(=O)c1cc(C(F)(F)F)cc(C(F)(F)F)c1. The second kappa shape index (κ2) is 4.47. The minimum atomic E-state index is -4.96. The molecule has 0 aliphatic heterocycles. The number of allylic oxidation sites excluding steroid dienone is 1. The average molecular weight is 268 g/mol. The number of hydrogen-bond acceptors (Lipinski definition) is 1. The fourth-order valence-corrected chi connectivity index (χ4v) is 1.22. The highest BCUT2D eigenvalue weighted by Gasteiger charge is 2.37. The lowest BCUT2D eigenvalue weighted by Crippen LogP contribution is -2.12. The van der Waals surface area contributed by atoms with E-state index in [-0.39, 0.29) is 6.07 Å². The third-order valence-corrected chi connectivity index (χ3v) is 2.06. The van der Waals surface area contributed by atoms with E-state index in [1.165, 1.54) is 0 Å². The van der Waals surface area contributed by atoms with Gasteiger partial charge in [0.25, 0.3) is 0 Å². The molecule has 0 fully saturated rings. The van der Waals surface area contributed by atoms with Crippen LogP contribution in [0.15, 0.2) is 30.9 Å². The Balaban J connectivity index is 3.48. The molecule has 0 radical (unpaired) electrons. The molecule has 0 aromatic heterocycles. The summed E-state index contributed by atoms with van der Waals surface area (Å²) in [6.45, 7) is 3.01. The first-order valence-corrected chi connectivity index (χ1v) is 4.52.